The van der Waals surface area contributed by atoms with Crippen molar-refractivity contribution in [3.05, 3.63) is 53.5 Å². The van der Waals surface area contributed by atoms with Crippen molar-refractivity contribution in [1.82, 2.24) is 25.4 Å². The molecule has 0 aliphatic rings. The maximum absolute atomic E-state index is 13.0. The van der Waals surface area contributed by atoms with Gasteiger partial charge in [-0.15, -0.1) is 26.6 Å². The van der Waals surface area contributed by atoms with Crippen LogP contribution in [0.15, 0.2) is 51.4 Å². The third-order valence-electron chi connectivity index (χ3n) is 3.38. The van der Waals surface area contributed by atoms with Gasteiger partial charge in [-0.1, -0.05) is 17.8 Å². The number of rotatable bonds is 5. The molecule has 1 N–H and O–H groups in total. The van der Waals surface area contributed by atoms with E-state index in [-0.39, 0.29) is 11.1 Å². The minimum atomic E-state index is -0.307. The first-order valence-corrected chi connectivity index (χ1v) is 9.17. The number of halogens is 1. The van der Waals surface area contributed by atoms with E-state index in [1.54, 1.807) is 23.5 Å². The van der Waals surface area contributed by atoms with Gasteiger partial charge >= 0.3 is 0 Å². The Kier molecular flexibility index (Phi) is 4.33. The molecule has 0 fully saturated rings. The molecule has 25 heavy (non-hydrogen) atoms. The summed E-state index contributed by atoms with van der Waals surface area (Å²) in [7, 11) is 0. The molecule has 0 aliphatic carbocycles. The average molecular weight is 373 g/mol. The molecule has 0 radical (unpaired) electrons. The Morgan fingerprint density at radius 3 is 2.80 bits per heavy atom. The molecule has 0 aliphatic heterocycles. The standard InChI is InChI=1S/C16H12FN5OS2/c1-9(25-16-18-13(19-22-16)12-3-2-8-24-12)14-20-21-15(23-14)10-4-6-11(17)7-5-10/h2-9H,1H3,(H,18,19,22)/t9-/m1/s1. The summed E-state index contributed by atoms with van der Waals surface area (Å²) < 4.78 is 18.7. The second kappa shape index (κ2) is 6.77. The maximum atomic E-state index is 13.0. The number of benzene rings is 1. The van der Waals surface area contributed by atoms with E-state index < -0.39 is 0 Å². The number of hydrogen-bond acceptors (Lipinski definition) is 7. The Bertz CT molecular complexity index is 965. The van der Waals surface area contributed by atoms with Crippen LogP contribution in [0.5, 0.6) is 0 Å². The van der Waals surface area contributed by atoms with Crippen LogP contribution < -0.4 is 0 Å². The zero-order valence-corrected chi connectivity index (χ0v) is 14.6. The lowest BCUT2D eigenvalue weighted by Crippen LogP contribution is -1.89. The number of aromatic nitrogens is 5. The van der Waals surface area contributed by atoms with Crippen molar-refractivity contribution in [2.24, 2.45) is 0 Å². The highest BCUT2D eigenvalue weighted by Crippen LogP contribution is 2.34. The molecular formula is C16H12FN5OS2. The van der Waals surface area contributed by atoms with Gasteiger partial charge in [0.15, 0.2) is 5.82 Å². The minimum absolute atomic E-state index is 0.117. The van der Waals surface area contributed by atoms with Gasteiger partial charge in [-0.05, 0) is 42.6 Å². The Balaban J connectivity index is 1.48. The Morgan fingerprint density at radius 2 is 2.04 bits per heavy atom. The van der Waals surface area contributed by atoms with Crippen LogP contribution in [-0.4, -0.2) is 25.4 Å². The first kappa shape index (κ1) is 16.0. The highest BCUT2D eigenvalue weighted by Gasteiger charge is 2.19. The normalized spacial score (nSPS) is 12.4. The van der Waals surface area contributed by atoms with Crippen LogP contribution in [0, 0.1) is 5.82 Å². The van der Waals surface area contributed by atoms with Crippen LogP contribution in [0.2, 0.25) is 0 Å². The second-order valence-corrected chi connectivity index (χ2v) is 7.41. The van der Waals surface area contributed by atoms with E-state index in [2.05, 4.69) is 25.4 Å². The molecule has 0 unspecified atom stereocenters. The number of hydrogen-bond donors (Lipinski definition) is 1. The predicted octanol–water partition coefficient (Wildman–Crippen LogP) is 4.58. The summed E-state index contributed by atoms with van der Waals surface area (Å²) >= 11 is 3.02. The maximum Gasteiger partial charge on any atom is 0.247 e. The fourth-order valence-electron chi connectivity index (χ4n) is 2.14. The number of H-pyrrole nitrogens is 1. The first-order valence-electron chi connectivity index (χ1n) is 7.41. The molecule has 0 bridgehead atoms. The predicted molar refractivity (Wildman–Crippen MR) is 93.7 cm³/mol. The molecule has 4 rings (SSSR count). The molecule has 0 amide bonds. The molecule has 126 valence electrons. The molecule has 0 saturated heterocycles. The van der Waals surface area contributed by atoms with Crippen LogP contribution in [0.3, 0.4) is 0 Å². The van der Waals surface area contributed by atoms with E-state index in [0.29, 0.717) is 22.5 Å². The Morgan fingerprint density at radius 1 is 1.20 bits per heavy atom. The monoisotopic (exact) mass is 373 g/mol. The highest BCUT2D eigenvalue weighted by atomic mass is 32.2. The molecule has 0 spiro atoms. The van der Waals surface area contributed by atoms with Crippen molar-refractivity contribution in [1.29, 1.82) is 0 Å². The third-order valence-corrected chi connectivity index (χ3v) is 5.21. The number of thioether (sulfide) groups is 1. The molecule has 1 aromatic carbocycles. The zero-order chi connectivity index (χ0) is 17.2. The van der Waals surface area contributed by atoms with Gasteiger partial charge in [0.25, 0.3) is 0 Å². The van der Waals surface area contributed by atoms with Crippen LogP contribution >= 0.6 is 23.1 Å². The van der Waals surface area contributed by atoms with Crippen molar-refractivity contribution in [2.75, 3.05) is 0 Å². The minimum Gasteiger partial charge on any atom is -0.419 e. The zero-order valence-electron chi connectivity index (χ0n) is 13.0. The number of aromatic amines is 1. The van der Waals surface area contributed by atoms with Gasteiger partial charge in [0.2, 0.25) is 16.9 Å². The van der Waals surface area contributed by atoms with Gasteiger partial charge in [0.1, 0.15) is 5.82 Å². The van der Waals surface area contributed by atoms with Gasteiger partial charge in [-0.25, -0.2) is 9.37 Å². The van der Waals surface area contributed by atoms with Gasteiger partial charge < -0.3 is 4.42 Å². The Hall–Kier alpha value is -2.52. The summed E-state index contributed by atoms with van der Waals surface area (Å²) in [6, 6.07) is 9.87. The Labute approximate surface area is 150 Å². The summed E-state index contributed by atoms with van der Waals surface area (Å²) in [6.07, 6.45) is 0. The van der Waals surface area contributed by atoms with Crippen molar-refractivity contribution in [2.45, 2.75) is 17.3 Å². The molecule has 1 atom stereocenters. The summed E-state index contributed by atoms with van der Waals surface area (Å²) in [5.41, 5.74) is 0.676. The van der Waals surface area contributed by atoms with E-state index in [1.165, 1.54) is 23.9 Å². The molecular weight excluding hydrogens is 361 g/mol. The van der Waals surface area contributed by atoms with E-state index in [0.717, 1.165) is 10.7 Å². The summed E-state index contributed by atoms with van der Waals surface area (Å²) in [6.45, 7) is 1.94. The summed E-state index contributed by atoms with van der Waals surface area (Å²) in [5, 5.41) is 17.7. The van der Waals surface area contributed by atoms with E-state index in [1.807, 2.05) is 24.4 Å². The summed E-state index contributed by atoms with van der Waals surface area (Å²) in [5.74, 6) is 1.25. The number of thiophene rings is 1. The van der Waals surface area contributed by atoms with Crippen LogP contribution in [0.1, 0.15) is 18.1 Å². The van der Waals surface area contributed by atoms with Gasteiger partial charge in [-0.2, -0.15) is 0 Å². The van der Waals surface area contributed by atoms with Crippen molar-refractivity contribution < 1.29 is 8.81 Å². The summed E-state index contributed by atoms with van der Waals surface area (Å²) in [4.78, 5) is 5.50. The first-order chi connectivity index (χ1) is 12.2. The topological polar surface area (TPSA) is 80.5 Å². The number of nitrogens with one attached hydrogen (secondary N) is 1. The molecule has 4 aromatic rings. The van der Waals surface area contributed by atoms with Gasteiger partial charge in [0.05, 0.1) is 10.1 Å². The molecule has 6 nitrogen and oxygen atoms in total. The fraction of sp³-hybridized carbons (Fsp3) is 0.125. The van der Waals surface area contributed by atoms with Crippen molar-refractivity contribution in [3.63, 3.8) is 0 Å². The van der Waals surface area contributed by atoms with Crippen LogP contribution in [0.4, 0.5) is 4.39 Å². The van der Waals surface area contributed by atoms with Gasteiger partial charge in [-0.3, -0.25) is 5.10 Å². The molecule has 3 aromatic heterocycles. The smallest absolute Gasteiger partial charge is 0.247 e. The van der Waals surface area contributed by atoms with E-state index in [9.17, 15) is 4.39 Å². The fourth-order valence-corrected chi connectivity index (χ4v) is 3.56. The van der Waals surface area contributed by atoms with Gasteiger partial charge in [0, 0.05) is 5.56 Å². The second-order valence-electron chi connectivity index (χ2n) is 5.16. The molecule has 3 heterocycles. The van der Waals surface area contributed by atoms with Crippen molar-refractivity contribution in [3.8, 4) is 22.2 Å². The SMILES string of the molecule is C[C@@H](Sc1n[nH]c(-c2cccs2)n1)c1nnc(-c2ccc(F)cc2)o1. The largest absolute Gasteiger partial charge is 0.419 e. The highest BCUT2D eigenvalue weighted by molar-refractivity contribution is 7.99. The molecule has 9 heteroatoms. The third kappa shape index (κ3) is 3.47. The lowest BCUT2D eigenvalue weighted by Gasteiger charge is -2.02. The van der Waals surface area contributed by atoms with E-state index >= 15 is 0 Å². The number of nitrogens with zero attached hydrogens (tertiary/aromatic N) is 4. The lowest BCUT2D eigenvalue weighted by atomic mass is 10.2. The average Bonchev–Trinajstić information content (AvgIpc) is 3.36. The quantitative estimate of drug-likeness (QED) is 0.516. The van der Waals surface area contributed by atoms with E-state index in [4.69, 9.17) is 4.42 Å². The molecule has 0 saturated carbocycles. The van der Waals surface area contributed by atoms with Crippen LogP contribution in [-0.2, 0) is 0 Å². The lowest BCUT2D eigenvalue weighted by molar-refractivity contribution is 0.509. The van der Waals surface area contributed by atoms with Crippen molar-refractivity contribution >= 4 is 23.1 Å². The van der Waals surface area contributed by atoms with Crippen LogP contribution in [0.25, 0.3) is 22.2 Å².